The Morgan fingerprint density at radius 2 is 1.80 bits per heavy atom. The van der Waals surface area contributed by atoms with Gasteiger partial charge in [-0.15, -0.1) is 0 Å². The Kier molecular flexibility index (Phi) is 4.37. The predicted octanol–water partition coefficient (Wildman–Crippen LogP) is 3.45. The molecule has 0 amide bonds. The van der Waals surface area contributed by atoms with Crippen molar-refractivity contribution >= 4 is 11.6 Å². The van der Waals surface area contributed by atoms with Gasteiger partial charge in [-0.25, -0.2) is 0 Å². The smallest absolute Gasteiger partial charge is 0.0310 e. The van der Waals surface area contributed by atoms with Gasteiger partial charge in [-0.1, -0.05) is 35.9 Å². The van der Waals surface area contributed by atoms with Gasteiger partial charge in [0.2, 0.25) is 0 Å². The first kappa shape index (κ1) is 12.3. The fourth-order valence-corrected chi connectivity index (χ4v) is 1.91. The second kappa shape index (κ2) is 5.34. The van der Waals surface area contributed by atoms with Crippen molar-refractivity contribution < 1.29 is 0 Å². The third-order valence-corrected chi connectivity index (χ3v) is 2.59. The lowest BCUT2D eigenvalue weighted by atomic mass is 10.00. The van der Waals surface area contributed by atoms with E-state index in [-0.39, 0.29) is 0 Å². The van der Waals surface area contributed by atoms with Gasteiger partial charge in [0.25, 0.3) is 0 Å². The van der Waals surface area contributed by atoms with Crippen molar-refractivity contribution in [2.75, 3.05) is 6.54 Å². The van der Waals surface area contributed by atoms with Crippen molar-refractivity contribution in [3.8, 4) is 0 Å². The number of hydrogen-bond donors (Lipinski definition) is 1. The first-order chi connectivity index (χ1) is 7.00. The summed E-state index contributed by atoms with van der Waals surface area (Å²) >= 11 is 5.69. The van der Waals surface area contributed by atoms with Crippen molar-refractivity contribution in [2.45, 2.75) is 27.3 Å². The first-order valence-electron chi connectivity index (χ1n) is 5.11. The van der Waals surface area contributed by atoms with Crippen LogP contribution in [0.2, 0.25) is 0 Å². The quantitative estimate of drug-likeness (QED) is 0.825. The standard InChI is InChI=1S/C13H18ClN/c1-9-5-10(2)13(11(3)6-9)8-15-7-12(4)14/h5-6,15H,4,7-8H2,1-3H3. The number of halogens is 1. The monoisotopic (exact) mass is 223 g/mol. The maximum Gasteiger partial charge on any atom is 0.0310 e. The minimum atomic E-state index is 0.650. The number of hydrogen-bond acceptors (Lipinski definition) is 1. The largest absolute Gasteiger partial charge is 0.308 e. The zero-order valence-electron chi connectivity index (χ0n) is 9.65. The minimum absolute atomic E-state index is 0.650. The summed E-state index contributed by atoms with van der Waals surface area (Å²) in [5.41, 5.74) is 5.34. The molecule has 0 aliphatic rings. The summed E-state index contributed by atoms with van der Waals surface area (Å²) in [5, 5.41) is 3.92. The van der Waals surface area contributed by atoms with Gasteiger partial charge < -0.3 is 5.32 Å². The highest BCUT2D eigenvalue weighted by molar-refractivity contribution is 6.29. The normalized spacial score (nSPS) is 10.4. The molecule has 0 bridgehead atoms. The Hall–Kier alpha value is -0.790. The Balaban J connectivity index is 2.72. The average molecular weight is 224 g/mol. The van der Waals surface area contributed by atoms with Crippen molar-refractivity contribution in [3.05, 3.63) is 46.0 Å². The van der Waals surface area contributed by atoms with E-state index in [1.54, 1.807) is 0 Å². The van der Waals surface area contributed by atoms with Crippen LogP contribution in [0.3, 0.4) is 0 Å². The Bertz CT molecular complexity index is 346. The van der Waals surface area contributed by atoms with Crippen molar-refractivity contribution in [2.24, 2.45) is 0 Å². The van der Waals surface area contributed by atoms with E-state index in [1.807, 2.05) is 0 Å². The molecule has 82 valence electrons. The predicted molar refractivity (Wildman–Crippen MR) is 67.4 cm³/mol. The van der Waals surface area contributed by atoms with Crippen LogP contribution in [0.5, 0.6) is 0 Å². The summed E-state index contributed by atoms with van der Waals surface area (Å²) in [6, 6.07) is 4.42. The topological polar surface area (TPSA) is 12.0 Å². The molecule has 1 aromatic rings. The van der Waals surface area contributed by atoms with Crippen LogP contribution in [-0.2, 0) is 6.54 Å². The summed E-state index contributed by atoms with van der Waals surface area (Å²) in [7, 11) is 0. The van der Waals surface area contributed by atoms with Crippen molar-refractivity contribution in [1.29, 1.82) is 0 Å². The van der Waals surface area contributed by atoms with Crippen LogP contribution >= 0.6 is 11.6 Å². The second-order valence-corrected chi connectivity index (χ2v) is 4.53. The molecule has 0 radical (unpaired) electrons. The van der Waals surface area contributed by atoms with Gasteiger partial charge in [-0.3, -0.25) is 0 Å². The highest BCUT2D eigenvalue weighted by Crippen LogP contribution is 2.16. The van der Waals surface area contributed by atoms with E-state index in [1.165, 1.54) is 22.3 Å². The van der Waals surface area contributed by atoms with Crippen molar-refractivity contribution in [3.63, 3.8) is 0 Å². The van der Waals surface area contributed by atoms with E-state index < -0.39 is 0 Å². The third-order valence-electron chi connectivity index (χ3n) is 2.46. The fraction of sp³-hybridized carbons (Fsp3) is 0.385. The zero-order chi connectivity index (χ0) is 11.4. The van der Waals surface area contributed by atoms with Crippen LogP contribution < -0.4 is 5.32 Å². The summed E-state index contributed by atoms with van der Waals surface area (Å²) in [6.07, 6.45) is 0. The molecule has 1 nitrogen and oxygen atoms in total. The summed E-state index contributed by atoms with van der Waals surface area (Å²) in [6.45, 7) is 11.6. The Morgan fingerprint density at radius 3 is 2.27 bits per heavy atom. The molecular formula is C13H18ClN. The van der Waals surface area contributed by atoms with Crippen LogP contribution in [0, 0.1) is 20.8 Å². The fourth-order valence-electron chi connectivity index (χ4n) is 1.81. The maximum absolute atomic E-state index is 5.69. The molecule has 0 aliphatic carbocycles. The van der Waals surface area contributed by atoms with E-state index in [2.05, 4.69) is 44.8 Å². The van der Waals surface area contributed by atoms with E-state index in [0.29, 0.717) is 11.6 Å². The zero-order valence-corrected chi connectivity index (χ0v) is 10.4. The lowest BCUT2D eigenvalue weighted by Crippen LogP contribution is -2.16. The van der Waals surface area contributed by atoms with Gasteiger partial charge >= 0.3 is 0 Å². The van der Waals surface area contributed by atoms with Crippen LogP contribution in [-0.4, -0.2) is 6.54 Å². The molecule has 0 aromatic heterocycles. The highest BCUT2D eigenvalue weighted by atomic mass is 35.5. The lowest BCUT2D eigenvalue weighted by Gasteiger charge is -2.11. The molecule has 2 heteroatoms. The van der Waals surface area contributed by atoms with Gasteiger partial charge in [-0.2, -0.15) is 0 Å². The molecule has 0 atom stereocenters. The van der Waals surface area contributed by atoms with Crippen molar-refractivity contribution in [1.82, 2.24) is 5.32 Å². The molecule has 0 unspecified atom stereocenters. The average Bonchev–Trinajstić information content (AvgIpc) is 2.08. The number of aryl methyl sites for hydroxylation is 3. The maximum atomic E-state index is 5.69. The van der Waals surface area contributed by atoms with Gasteiger partial charge in [0.15, 0.2) is 0 Å². The van der Waals surface area contributed by atoms with Gasteiger partial charge in [0.05, 0.1) is 0 Å². The van der Waals surface area contributed by atoms with Gasteiger partial charge in [0, 0.05) is 18.1 Å². The molecule has 0 aliphatic heterocycles. The number of rotatable bonds is 4. The Labute approximate surface area is 97.1 Å². The molecule has 1 aromatic carbocycles. The Morgan fingerprint density at radius 1 is 1.27 bits per heavy atom. The van der Waals surface area contributed by atoms with Crippen LogP contribution in [0.1, 0.15) is 22.3 Å². The molecule has 0 saturated carbocycles. The molecule has 0 fully saturated rings. The molecule has 0 spiro atoms. The van der Waals surface area contributed by atoms with E-state index in [4.69, 9.17) is 11.6 Å². The van der Waals surface area contributed by atoms with E-state index in [0.717, 1.165) is 6.54 Å². The molecule has 1 rings (SSSR count). The molecular weight excluding hydrogens is 206 g/mol. The van der Waals surface area contributed by atoms with E-state index >= 15 is 0 Å². The number of benzene rings is 1. The molecule has 0 heterocycles. The van der Waals surface area contributed by atoms with Crippen LogP contribution in [0.4, 0.5) is 0 Å². The third kappa shape index (κ3) is 3.69. The lowest BCUT2D eigenvalue weighted by molar-refractivity contribution is 0.746. The summed E-state index contributed by atoms with van der Waals surface area (Å²) in [5.74, 6) is 0. The first-order valence-corrected chi connectivity index (χ1v) is 5.49. The second-order valence-electron chi connectivity index (χ2n) is 4.00. The highest BCUT2D eigenvalue weighted by Gasteiger charge is 2.03. The van der Waals surface area contributed by atoms with Crippen LogP contribution in [0.15, 0.2) is 23.7 Å². The van der Waals surface area contributed by atoms with Gasteiger partial charge in [-0.05, 0) is 37.5 Å². The molecule has 1 N–H and O–H groups in total. The molecule has 15 heavy (non-hydrogen) atoms. The van der Waals surface area contributed by atoms with E-state index in [9.17, 15) is 0 Å². The minimum Gasteiger partial charge on any atom is -0.308 e. The summed E-state index contributed by atoms with van der Waals surface area (Å²) in [4.78, 5) is 0. The number of nitrogens with one attached hydrogen (secondary N) is 1. The SMILES string of the molecule is C=C(Cl)CNCc1c(C)cc(C)cc1C. The van der Waals surface area contributed by atoms with Crippen LogP contribution in [0.25, 0.3) is 0 Å². The summed E-state index contributed by atoms with van der Waals surface area (Å²) < 4.78 is 0. The van der Waals surface area contributed by atoms with Gasteiger partial charge in [0.1, 0.15) is 0 Å². The molecule has 0 saturated heterocycles.